The van der Waals surface area contributed by atoms with Gasteiger partial charge in [0.05, 0.1) is 26.5 Å². The summed E-state index contributed by atoms with van der Waals surface area (Å²) in [5.74, 6) is 2.06. The molecule has 0 saturated heterocycles. The quantitative estimate of drug-likeness (QED) is 0.340. The molecular weight excluding hydrogens is 459 g/mol. The molecule has 0 bridgehead atoms. The van der Waals surface area contributed by atoms with Gasteiger partial charge >= 0.3 is 0 Å². The van der Waals surface area contributed by atoms with Gasteiger partial charge in [0.2, 0.25) is 5.91 Å². The fourth-order valence-corrected chi connectivity index (χ4v) is 4.74. The molecule has 6 nitrogen and oxygen atoms in total. The van der Waals surface area contributed by atoms with E-state index >= 15 is 0 Å². The first kappa shape index (κ1) is 23.6. The van der Waals surface area contributed by atoms with Crippen molar-refractivity contribution in [2.45, 2.75) is 25.3 Å². The molecule has 0 saturated carbocycles. The van der Waals surface area contributed by atoms with Crippen LogP contribution in [0.15, 0.2) is 77.3 Å². The third-order valence-corrected chi connectivity index (χ3v) is 6.54. The molecule has 36 heavy (non-hydrogen) atoms. The normalized spacial score (nSPS) is 14.9. The van der Waals surface area contributed by atoms with E-state index in [0.717, 1.165) is 28.7 Å². The van der Waals surface area contributed by atoms with Gasteiger partial charge in [0.15, 0.2) is 23.1 Å². The number of halogens is 1. The van der Waals surface area contributed by atoms with E-state index in [1.807, 2.05) is 47.4 Å². The summed E-state index contributed by atoms with van der Waals surface area (Å²) in [7, 11) is 3.24. The first-order valence-electron chi connectivity index (χ1n) is 11.9. The van der Waals surface area contributed by atoms with Gasteiger partial charge in [-0.05, 0) is 59.5 Å². The van der Waals surface area contributed by atoms with Crippen molar-refractivity contribution in [1.29, 1.82) is 0 Å². The number of oxazole rings is 1. The number of amides is 1. The zero-order chi connectivity index (χ0) is 25.1. The molecule has 3 aromatic carbocycles. The fraction of sp³-hybridized carbons (Fsp3) is 0.241. The third kappa shape index (κ3) is 4.69. The van der Waals surface area contributed by atoms with Crippen LogP contribution in [0.5, 0.6) is 11.5 Å². The van der Waals surface area contributed by atoms with Crippen LogP contribution in [0, 0.1) is 5.82 Å². The molecule has 0 spiro atoms. The summed E-state index contributed by atoms with van der Waals surface area (Å²) in [6.45, 7) is 0.591. The summed E-state index contributed by atoms with van der Waals surface area (Å²) < 4.78 is 30.1. The van der Waals surface area contributed by atoms with Crippen LogP contribution in [0.4, 0.5) is 4.39 Å². The maximum Gasteiger partial charge on any atom is 0.223 e. The Morgan fingerprint density at radius 2 is 1.78 bits per heavy atom. The van der Waals surface area contributed by atoms with Crippen LogP contribution < -0.4 is 9.47 Å². The average molecular weight is 487 g/mol. The van der Waals surface area contributed by atoms with Gasteiger partial charge in [0.1, 0.15) is 5.82 Å². The molecule has 7 heteroatoms. The Balaban J connectivity index is 1.38. The van der Waals surface area contributed by atoms with Crippen molar-refractivity contribution in [3.8, 4) is 22.8 Å². The van der Waals surface area contributed by atoms with Crippen LogP contribution in [0.1, 0.15) is 35.0 Å². The van der Waals surface area contributed by atoms with Gasteiger partial charge < -0.3 is 18.8 Å². The molecule has 0 aliphatic carbocycles. The number of nitrogens with zero attached hydrogens (tertiary/aromatic N) is 2. The first-order chi connectivity index (χ1) is 17.6. The Morgan fingerprint density at radius 3 is 2.50 bits per heavy atom. The van der Waals surface area contributed by atoms with Crippen LogP contribution in [0.2, 0.25) is 0 Å². The minimum Gasteiger partial charge on any atom is -0.493 e. The molecule has 2 heterocycles. The predicted octanol–water partition coefficient (Wildman–Crippen LogP) is 5.60. The third-order valence-electron chi connectivity index (χ3n) is 6.54. The highest BCUT2D eigenvalue weighted by Crippen LogP contribution is 2.41. The van der Waals surface area contributed by atoms with E-state index in [1.54, 1.807) is 32.5 Å². The molecular formula is C29H27FN2O4. The second kappa shape index (κ2) is 10.2. The highest BCUT2D eigenvalue weighted by molar-refractivity contribution is 5.78. The Morgan fingerprint density at radius 1 is 1.06 bits per heavy atom. The summed E-state index contributed by atoms with van der Waals surface area (Å²) in [5.41, 5.74) is 3.95. The Hall–Kier alpha value is -4.13. The summed E-state index contributed by atoms with van der Waals surface area (Å²) in [4.78, 5) is 19.8. The van der Waals surface area contributed by atoms with Crippen LogP contribution in [0.25, 0.3) is 11.3 Å². The largest absolute Gasteiger partial charge is 0.493 e. The molecule has 1 aliphatic rings. The number of rotatable bonds is 7. The second-order valence-corrected chi connectivity index (χ2v) is 8.68. The van der Waals surface area contributed by atoms with Crippen LogP contribution in [-0.4, -0.2) is 36.6 Å². The Labute approximate surface area is 209 Å². The van der Waals surface area contributed by atoms with Gasteiger partial charge in [-0.3, -0.25) is 4.79 Å². The topological polar surface area (TPSA) is 64.8 Å². The Kier molecular flexibility index (Phi) is 6.71. The van der Waals surface area contributed by atoms with Crippen LogP contribution in [-0.2, 0) is 17.6 Å². The summed E-state index contributed by atoms with van der Waals surface area (Å²) >= 11 is 0. The van der Waals surface area contributed by atoms with Gasteiger partial charge in [0, 0.05) is 24.9 Å². The molecule has 0 radical (unpaired) electrons. The van der Waals surface area contributed by atoms with Crippen molar-refractivity contribution in [3.05, 3.63) is 101 Å². The average Bonchev–Trinajstić information content (AvgIpc) is 3.40. The molecule has 1 aromatic heterocycles. The number of ether oxygens (including phenoxy) is 2. The molecule has 1 unspecified atom stereocenters. The summed E-state index contributed by atoms with van der Waals surface area (Å²) in [6, 6.07) is 19.8. The number of benzene rings is 3. The second-order valence-electron chi connectivity index (χ2n) is 8.68. The van der Waals surface area contributed by atoms with Crippen molar-refractivity contribution >= 4 is 5.91 Å². The lowest BCUT2D eigenvalue weighted by Crippen LogP contribution is -2.40. The van der Waals surface area contributed by atoms with Gasteiger partial charge in [-0.2, -0.15) is 0 Å². The number of carbonyl (C=O) groups excluding carboxylic acids is 1. The predicted molar refractivity (Wildman–Crippen MR) is 133 cm³/mol. The SMILES string of the molecule is COc1cc2c(cc1OC)C(c1ccccc1)N(C(=O)CCc1ncc(-c3ccc(F)cc3)o1)CC2. The standard InChI is InChI=1S/C29H27FN2O4/c1-34-24-16-21-14-15-32(29(20-6-4-3-5-7-20)23(21)17-25(24)35-2)28(33)13-12-27-31-18-26(36-27)19-8-10-22(30)11-9-19/h3-11,16-18,29H,12-15H2,1-2H3. The van der Waals surface area contributed by atoms with E-state index in [2.05, 4.69) is 4.98 Å². The van der Waals surface area contributed by atoms with Gasteiger partial charge in [-0.25, -0.2) is 9.37 Å². The molecule has 5 rings (SSSR count). The van der Waals surface area contributed by atoms with E-state index in [4.69, 9.17) is 13.9 Å². The highest BCUT2D eigenvalue weighted by Gasteiger charge is 2.33. The summed E-state index contributed by atoms with van der Waals surface area (Å²) in [6.07, 6.45) is 2.96. The highest BCUT2D eigenvalue weighted by atomic mass is 19.1. The zero-order valence-corrected chi connectivity index (χ0v) is 20.2. The number of aromatic nitrogens is 1. The lowest BCUT2D eigenvalue weighted by Gasteiger charge is -2.38. The van der Waals surface area contributed by atoms with E-state index in [-0.39, 0.29) is 24.2 Å². The van der Waals surface area contributed by atoms with E-state index in [1.165, 1.54) is 12.1 Å². The molecule has 4 aromatic rings. The van der Waals surface area contributed by atoms with Crippen LogP contribution in [0.3, 0.4) is 0 Å². The number of methoxy groups -OCH3 is 2. The maximum absolute atomic E-state index is 13.5. The molecule has 0 N–H and O–H groups in total. The lowest BCUT2D eigenvalue weighted by molar-refractivity contribution is -0.133. The maximum atomic E-state index is 13.5. The monoisotopic (exact) mass is 486 g/mol. The van der Waals surface area contributed by atoms with E-state index in [0.29, 0.717) is 36.1 Å². The molecule has 1 amide bonds. The molecule has 1 aliphatic heterocycles. The number of carbonyl (C=O) groups is 1. The first-order valence-corrected chi connectivity index (χ1v) is 11.9. The van der Waals surface area contributed by atoms with Gasteiger partial charge in [-0.1, -0.05) is 30.3 Å². The molecule has 184 valence electrons. The van der Waals surface area contributed by atoms with Gasteiger partial charge in [0.25, 0.3) is 0 Å². The molecule has 0 fully saturated rings. The number of fused-ring (bicyclic) bond motifs is 1. The Bertz CT molecular complexity index is 1350. The van der Waals surface area contributed by atoms with E-state index in [9.17, 15) is 9.18 Å². The minimum absolute atomic E-state index is 0.0193. The van der Waals surface area contributed by atoms with Crippen molar-refractivity contribution in [2.24, 2.45) is 0 Å². The van der Waals surface area contributed by atoms with Gasteiger partial charge in [-0.15, -0.1) is 0 Å². The van der Waals surface area contributed by atoms with Crippen molar-refractivity contribution in [2.75, 3.05) is 20.8 Å². The smallest absolute Gasteiger partial charge is 0.223 e. The van der Waals surface area contributed by atoms with E-state index < -0.39 is 0 Å². The van der Waals surface area contributed by atoms with Crippen molar-refractivity contribution < 1.29 is 23.1 Å². The lowest BCUT2D eigenvalue weighted by atomic mass is 9.87. The minimum atomic E-state index is -0.309. The fourth-order valence-electron chi connectivity index (χ4n) is 4.74. The number of hydrogen-bond acceptors (Lipinski definition) is 5. The summed E-state index contributed by atoms with van der Waals surface area (Å²) in [5, 5.41) is 0. The number of hydrogen-bond donors (Lipinski definition) is 0. The molecule has 1 atom stereocenters. The van der Waals surface area contributed by atoms with Crippen molar-refractivity contribution in [3.63, 3.8) is 0 Å². The van der Waals surface area contributed by atoms with Crippen molar-refractivity contribution in [1.82, 2.24) is 9.88 Å². The zero-order valence-electron chi connectivity index (χ0n) is 20.2. The van der Waals surface area contributed by atoms with Crippen LogP contribution >= 0.6 is 0 Å². The number of aryl methyl sites for hydroxylation is 1.